The first-order valence-corrected chi connectivity index (χ1v) is 23.2. The lowest BCUT2D eigenvalue weighted by Gasteiger charge is -2.54. The summed E-state index contributed by atoms with van der Waals surface area (Å²) in [7, 11) is 0. The molecule has 0 aromatic heterocycles. The van der Waals surface area contributed by atoms with Gasteiger partial charge >= 0.3 is 0 Å². The van der Waals surface area contributed by atoms with Crippen molar-refractivity contribution in [3.63, 3.8) is 0 Å². The first-order valence-electron chi connectivity index (χ1n) is 23.2. The smallest absolute Gasteiger partial charge is 0.252 e. The summed E-state index contributed by atoms with van der Waals surface area (Å²) in [5.41, 5.74) is 24.2. The van der Waals surface area contributed by atoms with Gasteiger partial charge in [-0.1, -0.05) is 130 Å². The predicted molar refractivity (Wildman–Crippen MR) is 262 cm³/mol. The quantitative estimate of drug-likeness (QED) is 0.165. The Morgan fingerprint density at radius 2 is 1.23 bits per heavy atom. The van der Waals surface area contributed by atoms with Gasteiger partial charge in [-0.2, -0.15) is 0 Å². The molecule has 1 saturated carbocycles. The lowest BCUT2D eigenvalue weighted by atomic mass is 9.33. The van der Waals surface area contributed by atoms with Crippen molar-refractivity contribution in [3.8, 4) is 11.1 Å². The Kier molecular flexibility index (Phi) is 7.29. The minimum Gasteiger partial charge on any atom is -0.335 e. The Labute approximate surface area is 368 Å². The third-order valence-electron chi connectivity index (χ3n) is 17.5. The molecule has 7 aromatic carbocycles. The third-order valence-corrected chi connectivity index (χ3v) is 17.5. The number of nitrogens with zero attached hydrogens (tertiary/aromatic N) is 3. The molecule has 1 fully saturated rings. The first-order chi connectivity index (χ1) is 30.0. The van der Waals surface area contributed by atoms with E-state index in [2.05, 4.69) is 202 Å². The maximum absolute atomic E-state index is 2.91. The normalized spacial score (nSPS) is 25.6. The minimum atomic E-state index is -0.306. The molecule has 13 rings (SSSR count). The van der Waals surface area contributed by atoms with Gasteiger partial charge in [0.1, 0.15) is 0 Å². The molecule has 0 saturated heterocycles. The van der Waals surface area contributed by atoms with Crippen molar-refractivity contribution in [1.82, 2.24) is 0 Å². The van der Waals surface area contributed by atoms with Gasteiger partial charge in [-0.3, -0.25) is 0 Å². The number of benzene rings is 7. The molecular weight excluding hydrogens is 749 g/mol. The Morgan fingerprint density at radius 1 is 0.484 bits per heavy atom. The second-order valence-electron chi connectivity index (χ2n) is 20.5. The van der Waals surface area contributed by atoms with Gasteiger partial charge in [0.05, 0.1) is 11.1 Å². The summed E-state index contributed by atoms with van der Waals surface area (Å²) in [5.74, 6) is 0. The van der Waals surface area contributed by atoms with Gasteiger partial charge < -0.3 is 14.7 Å². The molecule has 2 aliphatic carbocycles. The second-order valence-corrected chi connectivity index (χ2v) is 20.5. The van der Waals surface area contributed by atoms with E-state index < -0.39 is 0 Å². The highest BCUT2D eigenvalue weighted by Crippen LogP contribution is 2.66. The van der Waals surface area contributed by atoms with Gasteiger partial charge in [0.25, 0.3) is 6.71 Å². The van der Waals surface area contributed by atoms with Crippen LogP contribution in [0.2, 0.25) is 0 Å². The molecule has 62 heavy (non-hydrogen) atoms. The summed E-state index contributed by atoms with van der Waals surface area (Å²) in [6.45, 7) is 14.9. The fraction of sp³-hybridized carbons (Fsp3) is 0.276. The van der Waals surface area contributed by atoms with E-state index in [1.165, 1.54) is 120 Å². The number of para-hydroxylation sites is 1. The third kappa shape index (κ3) is 4.39. The summed E-state index contributed by atoms with van der Waals surface area (Å²) in [6.07, 6.45) is 7.06. The highest BCUT2D eigenvalue weighted by atomic mass is 15.3. The Morgan fingerprint density at radius 3 is 2.06 bits per heavy atom. The van der Waals surface area contributed by atoms with Crippen molar-refractivity contribution >= 4 is 62.9 Å². The maximum atomic E-state index is 2.91. The van der Waals surface area contributed by atoms with Crippen LogP contribution < -0.4 is 31.1 Å². The van der Waals surface area contributed by atoms with Crippen LogP contribution in [-0.4, -0.2) is 12.3 Å². The molecule has 0 bridgehead atoms. The van der Waals surface area contributed by atoms with Gasteiger partial charge in [0, 0.05) is 50.6 Å². The molecule has 0 amide bonds. The largest absolute Gasteiger partial charge is 0.335 e. The van der Waals surface area contributed by atoms with Crippen LogP contribution in [0.3, 0.4) is 0 Å². The van der Waals surface area contributed by atoms with Gasteiger partial charge in [-0.05, 0) is 157 Å². The first kappa shape index (κ1) is 36.6. The molecule has 0 spiro atoms. The lowest BCUT2D eigenvalue weighted by Crippen LogP contribution is -2.64. The molecule has 4 aliphatic heterocycles. The maximum Gasteiger partial charge on any atom is 0.252 e. The molecule has 4 heteroatoms. The van der Waals surface area contributed by atoms with E-state index in [1.54, 1.807) is 0 Å². The summed E-state index contributed by atoms with van der Waals surface area (Å²) < 4.78 is 0. The van der Waals surface area contributed by atoms with Gasteiger partial charge in [0.2, 0.25) is 0 Å². The fourth-order valence-corrected chi connectivity index (χ4v) is 14.1. The van der Waals surface area contributed by atoms with E-state index in [9.17, 15) is 0 Å². The number of anilines is 7. The monoisotopic (exact) mass is 803 g/mol. The van der Waals surface area contributed by atoms with Crippen molar-refractivity contribution in [2.45, 2.75) is 102 Å². The van der Waals surface area contributed by atoms with Crippen molar-refractivity contribution in [1.29, 1.82) is 0 Å². The van der Waals surface area contributed by atoms with Gasteiger partial charge in [0.15, 0.2) is 0 Å². The Bertz CT molecular complexity index is 3060. The van der Waals surface area contributed by atoms with Crippen LogP contribution in [0.15, 0.2) is 146 Å². The fourth-order valence-electron chi connectivity index (χ4n) is 14.1. The molecule has 4 heterocycles. The van der Waals surface area contributed by atoms with Crippen LogP contribution in [0.25, 0.3) is 11.1 Å². The van der Waals surface area contributed by atoms with Crippen LogP contribution in [0.4, 0.5) is 39.8 Å². The summed E-state index contributed by atoms with van der Waals surface area (Å²) in [6, 6.07) is 56.8. The van der Waals surface area contributed by atoms with E-state index in [4.69, 9.17) is 0 Å². The predicted octanol–water partition coefficient (Wildman–Crippen LogP) is 12.6. The zero-order valence-electron chi connectivity index (χ0n) is 37.0. The van der Waals surface area contributed by atoms with Gasteiger partial charge in [-0.25, -0.2) is 0 Å². The van der Waals surface area contributed by atoms with Crippen LogP contribution in [0, 0.1) is 13.8 Å². The Hall–Kier alpha value is -6.00. The molecule has 4 atom stereocenters. The zero-order chi connectivity index (χ0) is 41.9. The van der Waals surface area contributed by atoms with E-state index in [-0.39, 0.29) is 28.6 Å². The van der Waals surface area contributed by atoms with E-state index in [0.717, 1.165) is 19.3 Å². The average molecular weight is 804 g/mol. The zero-order valence-corrected chi connectivity index (χ0v) is 37.0. The number of hydrogen-bond donors (Lipinski definition) is 0. The van der Waals surface area contributed by atoms with E-state index >= 15 is 0 Å². The highest BCUT2D eigenvalue weighted by Gasteiger charge is 2.63. The number of hydrogen-bond acceptors (Lipinski definition) is 3. The molecule has 0 N–H and O–H groups in total. The molecular formula is C58H54BN3. The molecule has 6 aliphatic rings. The van der Waals surface area contributed by atoms with E-state index in [1.807, 2.05) is 0 Å². The molecule has 7 aromatic rings. The van der Waals surface area contributed by atoms with Crippen LogP contribution in [-0.2, 0) is 22.8 Å². The molecule has 304 valence electrons. The summed E-state index contributed by atoms with van der Waals surface area (Å²) >= 11 is 0. The van der Waals surface area contributed by atoms with Crippen LogP contribution in [0.1, 0.15) is 93.2 Å². The van der Waals surface area contributed by atoms with Crippen LogP contribution >= 0.6 is 0 Å². The SMILES string of the molecule is Cc1cccc(N2c3cc(C)ccc3B3c4cc(-c5ccccc5)cc5c4N(c4cc(N6c7ccccc7C7(C)CCc8ccccc8C67C)cc2c43)C2(C)CCCCC52C)c1. The van der Waals surface area contributed by atoms with Gasteiger partial charge in [-0.15, -0.1) is 0 Å². The molecule has 0 radical (unpaired) electrons. The standard InChI is InChI=1S/C58H54BN3/c1-37-17-16-21-42(31-37)60-50-32-38(2)25-26-47(50)59-48-34-41(39-18-8-7-9-19-39)33-46-54(48)62(57(5)29-15-14-28-55(46,57)3)52-36-43(35-51(60)53(52)59)61-49-24-13-12-23-45(49)56(4)30-27-40-20-10-11-22-44(40)58(56,61)6/h7-13,16-26,31-36H,14-15,27-30H2,1-6H3. The Balaban J connectivity index is 1.18. The second kappa shape index (κ2) is 12.3. The van der Waals surface area contributed by atoms with Crippen molar-refractivity contribution in [2.24, 2.45) is 0 Å². The van der Waals surface area contributed by atoms with Crippen molar-refractivity contribution in [2.75, 3.05) is 14.7 Å². The summed E-state index contributed by atoms with van der Waals surface area (Å²) in [5, 5.41) is 0. The molecule has 4 unspecified atom stereocenters. The average Bonchev–Trinajstić information content (AvgIpc) is 3.63. The van der Waals surface area contributed by atoms with E-state index in [0.29, 0.717) is 0 Å². The summed E-state index contributed by atoms with van der Waals surface area (Å²) in [4.78, 5) is 8.34. The number of rotatable bonds is 3. The molecule has 3 nitrogen and oxygen atoms in total. The minimum absolute atomic E-state index is 0.0179. The van der Waals surface area contributed by atoms with Crippen molar-refractivity contribution < 1.29 is 0 Å². The topological polar surface area (TPSA) is 9.72 Å². The van der Waals surface area contributed by atoms with Crippen molar-refractivity contribution in [3.05, 3.63) is 179 Å². The highest BCUT2D eigenvalue weighted by molar-refractivity contribution is 7.00. The van der Waals surface area contributed by atoms with Crippen LogP contribution in [0.5, 0.6) is 0 Å². The number of fused-ring (bicyclic) bond motifs is 12. The number of aryl methyl sites for hydroxylation is 3. The lowest BCUT2D eigenvalue weighted by molar-refractivity contribution is 0.195.